The Morgan fingerprint density at radius 2 is 2.05 bits per heavy atom. The zero-order chi connectivity index (χ0) is 15.2. The monoisotopic (exact) mass is 284 g/mol. The molecular formula is C15H28N2O3. The van der Waals surface area contributed by atoms with Crippen molar-refractivity contribution < 1.29 is 14.7 Å². The highest BCUT2D eigenvalue weighted by molar-refractivity contribution is 5.87. The van der Waals surface area contributed by atoms with Crippen molar-refractivity contribution in [1.82, 2.24) is 4.90 Å². The number of carboxylic acid groups (broad SMARTS) is 1. The highest BCUT2D eigenvalue weighted by Crippen LogP contribution is 2.30. The molecule has 0 radical (unpaired) electrons. The van der Waals surface area contributed by atoms with Crippen LogP contribution in [-0.2, 0) is 9.59 Å². The molecule has 2 unspecified atom stereocenters. The maximum atomic E-state index is 12.3. The highest BCUT2D eigenvalue weighted by Gasteiger charge is 2.45. The van der Waals surface area contributed by atoms with E-state index in [-0.39, 0.29) is 5.91 Å². The molecule has 20 heavy (non-hydrogen) atoms. The summed E-state index contributed by atoms with van der Waals surface area (Å²) in [5.41, 5.74) is 4.59. The highest BCUT2D eigenvalue weighted by atomic mass is 16.4. The molecule has 0 saturated carbocycles. The summed E-state index contributed by atoms with van der Waals surface area (Å²) < 4.78 is 0. The maximum absolute atomic E-state index is 12.3. The molecular weight excluding hydrogens is 256 g/mol. The molecule has 1 rings (SSSR count). The number of rotatable bonds is 8. The van der Waals surface area contributed by atoms with Gasteiger partial charge in [0.05, 0.1) is 0 Å². The van der Waals surface area contributed by atoms with Gasteiger partial charge >= 0.3 is 5.97 Å². The van der Waals surface area contributed by atoms with Gasteiger partial charge in [-0.1, -0.05) is 19.8 Å². The van der Waals surface area contributed by atoms with Crippen molar-refractivity contribution in [3.05, 3.63) is 0 Å². The van der Waals surface area contributed by atoms with Gasteiger partial charge in [0.15, 0.2) is 0 Å². The fourth-order valence-electron chi connectivity index (χ4n) is 3.12. The van der Waals surface area contributed by atoms with Crippen LogP contribution in [-0.4, -0.2) is 40.5 Å². The molecule has 5 nitrogen and oxygen atoms in total. The third kappa shape index (κ3) is 3.95. The van der Waals surface area contributed by atoms with Crippen molar-refractivity contribution in [1.29, 1.82) is 0 Å². The molecule has 5 heteroatoms. The number of nitrogens with two attached hydrogens (primary N) is 1. The maximum Gasteiger partial charge on any atom is 0.329 e. The number of hydrogen-bond acceptors (Lipinski definition) is 3. The molecule has 1 saturated heterocycles. The van der Waals surface area contributed by atoms with Crippen LogP contribution < -0.4 is 5.73 Å². The van der Waals surface area contributed by atoms with Gasteiger partial charge in [0.25, 0.3) is 0 Å². The quantitative estimate of drug-likeness (QED) is 0.714. The van der Waals surface area contributed by atoms with Crippen LogP contribution in [0, 0.1) is 5.92 Å². The molecule has 1 heterocycles. The molecule has 0 aliphatic carbocycles. The first-order valence-electron chi connectivity index (χ1n) is 7.69. The van der Waals surface area contributed by atoms with Crippen LogP contribution in [0.1, 0.15) is 58.8 Å². The summed E-state index contributed by atoms with van der Waals surface area (Å²) in [4.78, 5) is 25.2. The van der Waals surface area contributed by atoms with Crippen molar-refractivity contribution in [2.75, 3.05) is 13.1 Å². The van der Waals surface area contributed by atoms with Crippen LogP contribution in [0.2, 0.25) is 0 Å². The van der Waals surface area contributed by atoms with E-state index in [2.05, 4.69) is 6.92 Å². The van der Waals surface area contributed by atoms with E-state index in [9.17, 15) is 14.7 Å². The third-order valence-electron chi connectivity index (χ3n) is 4.44. The first-order chi connectivity index (χ1) is 9.45. The zero-order valence-electron chi connectivity index (χ0n) is 12.7. The predicted octanol–water partition coefficient (Wildman–Crippen LogP) is 2.00. The van der Waals surface area contributed by atoms with Gasteiger partial charge in [-0.15, -0.1) is 0 Å². The Kier molecular flexibility index (Phi) is 6.46. The van der Waals surface area contributed by atoms with Crippen LogP contribution >= 0.6 is 0 Å². The Bertz CT molecular complexity index is 340. The number of likely N-dealkylation sites (tertiary alicyclic amines) is 1. The molecule has 116 valence electrons. The second kappa shape index (κ2) is 7.62. The number of nitrogens with zero attached hydrogens (tertiary/aromatic N) is 1. The summed E-state index contributed by atoms with van der Waals surface area (Å²) in [5.74, 6) is -0.437. The predicted molar refractivity (Wildman–Crippen MR) is 78.3 cm³/mol. The van der Waals surface area contributed by atoms with Crippen molar-refractivity contribution in [3.63, 3.8) is 0 Å². The molecule has 1 aliphatic rings. The van der Waals surface area contributed by atoms with E-state index < -0.39 is 11.5 Å². The number of carbonyl (C=O) groups is 2. The molecule has 0 spiro atoms. The van der Waals surface area contributed by atoms with Crippen molar-refractivity contribution >= 4 is 11.9 Å². The van der Waals surface area contributed by atoms with E-state index in [0.29, 0.717) is 31.8 Å². The van der Waals surface area contributed by atoms with Gasteiger partial charge in [0, 0.05) is 13.0 Å². The smallest absolute Gasteiger partial charge is 0.329 e. The lowest BCUT2D eigenvalue weighted by Gasteiger charge is -2.31. The van der Waals surface area contributed by atoms with Crippen LogP contribution in [0.4, 0.5) is 0 Å². The third-order valence-corrected chi connectivity index (χ3v) is 4.44. The fraction of sp³-hybridized carbons (Fsp3) is 0.867. The SMILES string of the molecule is CCCC(CCN)CCC(=O)N1CCCC1(C)C(=O)O. The van der Waals surface area contributed by atoms with Gasteiger partial charge < -0.3 is 15.7 Å². The normalized spacial score (nSPS) is 23.9. The molecule has 1 amide bonds. The molecule has 2 atom stereocenters. The largest absolute Gasteiger partial charge is 0.480 e. The summed E-state index contributed by atoms with van der Waals surface area (Å²) in [7, 11) is 0. The molecule has 3 N–H and O–H groups in total. The van der Waals surface area contributed by atoms with Crippen LogP contribution in [0.5, 0.6) is 0 Å². The number of carboxylic acids is 1. The molecule has 1 aliphatic heterocycles. The van der Waals surface area contributed by atoms with Crippen molar-refractivity contribution in [3.8, 4) is 0 Å². The van der Waals surface area contributed by atoms with E-state index in [4.69, 9.17) is 5.73 Å². The number of hydrogen-bond donors (Lipinski definition) is 2. The van der Waals surface area contributed by atoms with Gasteiger partial charge in [-0.05, 0) is 45.1 Å². The van der Waals surface area contributed by atoms with Gasteiger partial charge in [0.2, 0.25) is 5.91 Å². The average molecular weight is 284 g/mol. The van der Waals surface area contributed by atoms with Gasteiger partial charge in [-0.2, -0.15) is 0 Å². The summed E-state index contributed by atoms with van der Waals surface area (Å²) in [6.45, 7) is 5.00. The average Bonchev–Trinajstić information content (AvgIpc) is 2.80. The summed E-state index contributed by atoms with van der Waals surface area (Å²) in [6, 6.07) is 0. The molecule has 1 fully saturated rings. The lowest BCUT2D eigenvalue weighted by Crippen LogP contribution is -2.50. The summed E-state index contributed by atoms with van der Waals surface area (Å²) in [6.07, 6.45) is 5.70. The Hall–Kier alpha value is -1.10. The van der Waals surface area contributed by atoms with E-state index >= 15 is 0 Å². The number of carbonyl (C=O) groups excluding carboxylic acids is 1. The van der Waals surface area contributed by atoms with E-state index in [1.807, 2.05) is 0 Å². The molecule has 0 aromatic heterocycles. The fourth-order valence-corrected chi connectivity index (χ4v) is 3.12. The minimum Gasteiger partial charge on any atom is -0.480 e. The Morgan fingerprint density at radius 3 is 2.60 bits per heavy atom. The van der Waals surface area contributed by atoms with E-state index in [1.54, 1.807) is 11.8 Å². The summed E-state index contributed by atoms with van der Waals surface area (Å²) >= 11 is 0. The molecule has 0 aromatic rings. The first-order valence-corrected chi connectivity index (χ1v) is 7.69. The lowest BCUT2D eigenvalue weighted by atomic mass is 9.93. The Balaban J connectivity index is 2.55. The topological polar surface area (TPSA) is 83.6 Å². The lowest BCUT2D eigenvalue weighted by molar-refractivity contribution is -0.155. The van der Waals surface area contributed by atoms with Gasteiger partial charge in [-0.3, -0.25) is 4.79 Å². The van der Waals surface area contributed by atoms with E-state index in [1.165, 1.54) is 0 Å². The van der Waals surface area contributed by atoms with Crippen LogP contribution in [0.3, 0.4) is 0 Å². The minimum atomic E-state index is -1.01. The van der Waals surface area contributed by atoms with Gasteiger partial charge in [-0.25, -0.2) is 4.79 Å². The standard InChI is InChI=1S/C15H28N2O3/c1-3-5-12(8-10-16)6-7-13(18)17-11-4-9-15(17,2)14(19)20/h12H,3-11,16H2,1-2H3,(H,19,20). The first kappa shape index (κ1) is 17.0. The Morgan fingerprint density at radius 1 is 1.35 bits per heavy atom. The van der Waals surface area contributed by atoms with Crippen LogP contribution in [0.15, 0.2) is 0 Å². The summed E-state index contributed by atoms with van der Waals surface area (Å²) in [5, 5.41) is 9.33. The molecule has 0 bridgehead atoms. The van der Waals surface area contributed by atoms with Crippen molar-refractivity contribution in [2.24, 2.45) is 11.7 Å². The minimum absolute atomic E-state index is 0.0227. The zero-order valence-corrected chi connectivity index (χ0v) is 12.7. The second-order valence-corrected chi connectivity index (χ2v) is 6.00. The Labute approximate surface area is 121 Å². The second-order valence-electron chi connectivity index (χ2n) is 6.00. The van der Waals surface area contributed by atoms with Crippen molar-refractivity contribution in [2.45, 2.75) is 64.3 Å². The van der Waals surface area contributed by atoms with E-state index in [0.717, 1.165) is 32.1 Å². The number of amides is 1. The number of aliphatic carboxylic acids is 1. The van der Waals surface area contributed by atoms with Gasteiger partial charge in [0.1, 0.15) is 5.54 Å². The molecule has 0 aromatic carbocycles. The van der Waals surface area contributed by atoms with Crippen LogP contribution in [0.25, 0.3) is 0 Å².